The lowest BCUT2D eigenvalue weighted by Gasteiger charge is -2.04. The minimum atomic E-state index is -0.191. The van der Waals surface area contributed by atoms with Crippen molar-refractivity contribution in [2.24, 2.45) is 0 Å². The van der Waals surface area contributed by atoms with E-state index in [9.17, 15) is 4.79 Å². The van der Waals surface area contributed by atoms with Crippen LogP contribution in [0.4, 0.5) is 0 Å². The van der Waals surface area contributed by atoms with Gasteiger partial charge in [0.25, 0.3) is 0 Å². The molecule has 78 valence electrons. The predicted octanol–water partition coefficient (Wildman–Crippen LogP) is 0.0855. The molecule has 13 heavy (non-hydrogen) atoms. The second kappa shape index (κ2) is 9.83. The van der Waals surface area contributed by atoms with Gasteiger partial charge in [0.2, 0.25) is 0 Å². The van der Waals surface area contributed by atoms with Crippen molar-refractivity contribution in [2.45, 2.75) is 6.42 Å². The van der Waals surface area contributed by atoms with Crippen LogP contribution in [-0.2, 0) is 14.3 Å². The van der Waals surface area contributed by atoms with Gasteiger partial charge in [-0.15, -0.1) is 0 Å². The number of carbonyl (C=O) groups is 1. The van der Waals surface area contributed by atoms with E-state index >= 15 is 0 Å². The first-order valence-electron chi connectivity index (χ1n) is 4.27. The molecule has 0 heterocycles. The molecule has 0 saturated heterocycles. The summed E-state index contributed by atoms with van der Waals surface area (Å²) in [6, 6.07) is 0. The molecule has 0 rings (SSSR count). The van der Waals surface area contributed by atoms with E-state index in [0.717, 1.165) is 12.3 Å². The first-order chi connectivity index (χ1) is 6.31. The molecule has 0 atom stereocenters. The lowest BCUT2D eigenvalue weighted by atomic mass is 10.4. The third kappa shape index (κ3) is 9.66. The van der Waals surface area contributed by atoms with Crippen molar-refractivity contribution in [1.82, 2.24) is 5.32 Å². The van der Waals surface area contributed by atoms with Crippen LogP contribution in [0, 0.1) is 0 Å². The van der Waals surface area contributed by atoms with Crippen LogP contribution in [0.5, 0.6) is 0 Å². The van der Waals surface area contributed by atoms with Gasteiger partial charge in [-0.1, -0.05) is 0 Å². The van der Waals surface area contributed by atoms with Crippen LogP contribution in [0.2, 0.25) is 0 Å². The van der Waals surface area contributed by atoms with Crippen molar-refractivity contribution in [3.63, 3.8) is 0 Å². The van der Waals surface area contributed by atoms with E-state index in [4.69, 9.17) is 9.47 Å². The van der Waals surface area contributed by atoms with Gasteiger partial charge in [-0.2, -0.15) is 12.6 Å². The third-order valence-electron chi connectivity index (χ3n) is 1.34. The Morgan fingerprint density at radius 2 is 2.15 bits per heavy atom. The summed E-state index contributed by atoms with van der Waals surface area (Å²) in [4.78, 5) is 10.9. The van der Waals surface area contributed by atoms with Crippen molar-refractivity contribution < 1.29 is 14.3 Å². The molecule has 0 aliphatic rings. The van der Waals surface area contributed by atoms with Crippen molar-refractivity contribution in [3.8, 4) is 0 Å². The molecular weight excluding hydrogens is 190 g/mol. The Balaban J connectivity index is 3.11. The van der Waals surface area contributed by atoms with E-state index in [1.165, 1.54) is 0 Å². The maximum atomic E-state index is 10.9. The van der Waals surface area contributed by atoms with E-state index in [0.29, 0.717) is 26.2 Å². The summed E-state index contributed by atoms with van der Waals surface area (Å²) in [6.45, 7) is 2.25. The Kier molecular flexibility index (Phi) is 9.63. The normalized spacial score (nSPS) is 10.0. The summed E-state index contributed by atoms with van der Waals surface area (Å²) in [7, 11) is 1.57. The Hall–Kier alpha value is -0.260. The molecule has 0 spiro atoms. The first kappa shape index (κ1) is 12.7. The molecule has 0 aliphatic carbocycles. The maximum absolute atomic E-state index is 10.9. The zero-order valence-electron chi connectivity index (χ0n) is 7.91. The van der Waals surface area contributed by atoms with Gasteiger partial charge in [-0.25, -0.2) is 0 Å². The van der Waals surface area contributed by atoms with E-state index < -0.39 is 0 Å². The minimum absolute atomic E-state index is 0.191. The highest BCUT2D eigenvalue weighted by Gasteiger charge is 2.00. The Labute approximate surface area is 84.4 Å². The van der Waals surface area contributed by atoms with Crippen LogP contribution >= 0.6 is 12.6 Å². The number of hydrogen-bond donors (Lipinski definition) is 2. The number of methoxy groups -OCH3 is 1. The number of hydrogen-bond acceptors (Lipinski definition) is 5. The van der Waals surface area contributed by atoms with Gasteiger partial charge in [-0.05, 0) is 0 Å². The topological polar surface area (TPSA) is 47.6 Å². The standard InChI is InChI=1S/C8H17NO3S/c1-11-5-6-12-8(10)2-3-9-4-7-13/h9,13H,2-7H2,1H3. The van der Waals surface area contributed by atoms with E-state index in [2.05, 4.69) is 17.9 Å². The summed E-state index contributed by atoms with van der Waals surface area (Å²) in [6.07, 6.45) is 0.400. The summed E-state index contributed by atoms with van der Waals surface area (Å²) in [5, 5.41) is 3.05. The maximum Gasteiger partial charge on any atom is 0.307 e. The number of nitrogens with one attached hydrogen (secondary N) is 1. The van der Waals surface area contributed by atoms with Crippen LogP contribution in [0.3, 0.4) is 0 Å². The average molecular weight is 207 g/mol. The second-order valence-corrected chi connectivity index (χ2v) is 2.88. The number of carbonyl (C=O) groups excluding carboxylic acids is 1. The molecule has 0 aromatic carbocycles. The van der Waals surface area contributed by atoms with Crippen molar-refractivity contribution in [2.75, 3.05) is 39.2 Å². The molecule has 0 unspecified atom stereocenters. The fourth-order valence-corrected chi connectivity index (χ4v) is 0.864. The molecule has 0 saturated carbocycles. The molecule has 0 radical (unpaired) electrons. The van der Waals surface area contributed by atoms with Crippen molar-refractivity contribution >= 4 is 18.6 Å². The van der Waals surface area contributed by atoms with Gasteiger partial charge in [0, 0.05) is 26.0 Å². The average Bonchev–Trinajstić information content (AvgIpc) is 2.13. The smallest absolute Gasteiger partial charge is 0.307 e. The van der Waals surface area contributed by atoms with Gasteiger partial charge < -0.3 is 14.8 Å². The SMILES string of the molecule is COCCOC(=O)CCNCCS. The van der Waals surface area contributed by atoms with Gasteiger partial charge in [-0.3, -0.25) is 4.79 Å². The van der Waals surface area contributed by atoms with Gasteiger partial charge >= 0.3 is 5.97 Å². The molecule has 0 aliphatic heterocycles. The van der Waals surface area contributed by atoms with Crippen LogP contribution in [0.25, 0.3) is 0 Å². The molecule has 5 heteroatoms. The lowest BCUT2D eigenvalue weighted by Crippen LogP contribution is -2.21. The highest BCUT2D eigenvalue weighted by atomic mass is 32.1. The summed E-state index contributed by atoms with van der Waals surface area (Å²) < 4.78 is 9.57. The van der Waals surface area contributed by atoms with Gasteiger partial charge in [0.05, 0.1) is 13.0 Å². The zero-order valence-corrected chi connectivity index (χ0v) is 8.81. The van der Waals surface area contributed by atoms with Gasteiger partial charge in [0.1, 0.15) is 6.61 Å². The number of rotatable bonds is 8. The highest BCUT2D eigenvalue weighted by Crippen LogP contribution is 1.85. The van der Waals surface area contributed by atoms with Crippen LogP contribution < -0.4 is 5.32 Å². The lowest BCUT2D eigenvalue weighted by molar-refractivity contribution is -0.144. The number of thiol groups is 1. The fraction of sp³-hybridized carbons (Fsp3) is 0.875. The summed E-state index contributed by atoms with van der Waals surface area (Å²) in [5.41, 5.74) is 0. The van der Waals surface area contributed by atoms with Gasteiger partial charge in [0.15, 0.2) is 0 Å². The highest BCUT2D eigenvalue weighted by molar-refractivity contribution is 7.80. The van der Waals surface area contributed by atoms with E-state index in [1.54, 1.807) is 7.11 Å². The molecule has 0 bridgehead atoms. The largest absolute Gasteiger partial charge is 0.463 e. The van der Waals surface area contributed by atoms with Crippen LogP contribution in [0.15, 0.2) is 0 Å². The zero-order chi connectivity index (χ0) is 9.94. The summed E-state index contributed by atoms with van der Waals surface area (Å²) in [5.74, 6) is 0.586. The number of esters is 1. The van der Waals surface area contributed by atoms with E-state index in [-0.39, 0.29) is 5.97 Å². The fourth-order valence-electron chi connectivity index (χ4n) is 0.706. The quantitative estimate of drug-likeness (QED) is 0.336. The molecule has 0 amide bonds. The van der Waals surface area contributed by atoms with Crippen LogP contribution in [0.1, 0.15) is 6.42 Å². The van der Waals surface area contributed by atoms with E-state index in [1.807, 2.05) is 0 Å². The Morgan fingerprint density at radius 1 is 1.38 bits per heavy atom. The summed E-state index contributed by atoms with van der Waals surface area (Å²) >= 11 is 4.02. The molecule has 0 fully saturated rings. The third-order valence-corrected chi connectivity index (χ3v) is 1.57. The van der Waals surface area contributed by atoms with Crippen molar-refractivity contribution in [1.29, 1.82) is 0 Å². The van der Waals surface area contributed by atoms with Crippen molar-refractivity contribution in [3.05, 3.63) is 0 Å². The second-order valence-electron chi connectivity index (χ2n) is 2.44. The number of ether oxygens (including phenoxy) is 2. The Morgan fingerprint density at radius 3 is 2.77 bits per heavy atom. The Bertz CT molecular complexity index is 133. The predicted molar refractivity (Wildman–Crippen MR) is 54.2 cm³/mol. The molecule has 0 aromatic heterocycles. The molecule has 4 nitrogen and oxygen atoms in total. The molecule has 0 aromatic rings. The molecular formula is C8H17NO3S. The monoisotopic (exact) mass is 207 g/mol. The first-order valence-corrected chi connectivity index (χ1v) is 4.90. The van der Waals surface area contributed by atoms with Crippen LogP contribution in [-0.4, -0.2) is 45.1 Å². The minimum Gasteiger partial charge on any atom is -0.463 e. The molecule has 1 N–H and O–H groups in total.